The fourth-order valence-corrected chi connectivity index (χ4v) is 2.73. The lowest BCUT2D eigenvalue weighted by Gasteiger charge is -2.17. The summed E-state index contributed by atoms with van der Waals surface area (Å²) in [7, 11) is 0. The third-order valence-corrected chi connectivity index (χ3v) is 3.87. The number of carbonyl (C=O) groups is 1. The number of ketones is 1. The summed E-state index contributed by atoms with van der Waals surface area (Å²) in [6.07, 6.45) is 2.84. The Kier molecular flexibility index (Phi) is 3.84. The number of nitrogens with zero attached hydrogens (tertiary/aromatic N) is 3. The van der Waals surface area contributed by atoms with Crippen LogP contribution < -0.4 is 5.32 Å². The Bertz CT molecular complexity index is 660. The van der Waals surface area contributed by atoms with Gasteiger partial charge in [-0.3, -0.25) is 4.79 Å². The maximum absolute atomic E-state index is 12.5. The zero-order valence-corrected chi connectivity index (χ0v) is 12.5. The molecule has 2 heterocycles. The molecule has 5 heteroatoms. The van der Waals surface area contributed by atoms with E-state index >= 15 is 0 Å². The quantitative estimate of drug-likeness (QED) is 0.872. The van der Waals surface area contributed by atoms with Crippen LogP contribution in [0.3, 0.4) is 0 Å². The Balaban J connectivity index is 1.80. The molecule has 0 radical (unpaired) electrons. The second-order valence-corrected chi connectivity index (χ2v) is 5.72. The molecule has 21 heavy (non-hydrogen) atoms. The Morgan fingerprint density at radius 3 is 3.05 bits per heavy atom. The van der Waals surface area contributed by atoms with Gasteiger partial charge in [-0.05, 0) is 44.0 Å². The molecular weight excluding hydrogens is 264 g/mol. The van der Waals surface area contributed by atoms with E-state index < -0.39 is 0 Å². The molecule has 1 aliphatic heterocycles. The first-order valence-corrected chi connectivity index (χ1v) is 7.39. The third-order valence-electron chi connectivity index (χ3n) is 3.87. The predicted octanol–water partition coefficient (Wildman–Crippen LogP) is 1.93. The molecular formula is C16H20N4O. The Morgan fingerprint density at radius 1 is 1.38 bits per heavy atom. The lowest BCUT2D eigenvalue weighted by Crippen LogP contribution is -2.24. The second-order valence-electron chi connectivity index (χ2n) is 5.72. The minimum Gasteiger partial charge on any atom is -0.312 e. The van der Waals surface area contributed by atoms with Crippen LogP contribution in [-0.2, 0) is 19.4 Å². The number of rotatable bonds is 4. The first-order chi connectivity index (χ1) is 10.1. The smallest absolute Gasteiger partial charge is 0.170 e. The summed E-state index contributed by atoms with van der Waals surface area (Å²) in [4.78, 5) is 16.7. The summed E-state index contributed by atoms with van der Waals surface area (Å²) in [5.74, 6) is 0.823. The van der Waals surface area contributed by atoms with Gasteiger partial charge in [-0.2, -0.15) is 5.10 Å². The van der Waals surface area contributed by atoms with E-state index in [1.165, 1.54) is 17.5 Å². The van der Waals surface area contributed by atoms with Crippen LogP contribution in [0.2, 0.25) is 0 Å². The summed E-state index contributed by atoms with van der Waals surface area (Å²) >= 11 is 0. The molecule has 1 aromatic carbocycles. The van der Waals surface area contributed by atoms with Crippen LogP contribution in [0, 0.1) is 0 Å². The van der Waals surface area contributed by atoms with Crippen molar-refractivity contribution in [3.8, 4) is 0 Å². The van der Waals surface area contributed by atoms with Crippen LogP contribution in [0.25, 0.3) is 0 Å². The van der Waals surface area contributed by atoms with E-state index in [-0.39, 0.29) is 11.8 Å². The van der Waals surface area contributed by atoms with Crippen molar-refractivity contribution in [3.05, 3.63) is 47.0 Å². The topological polar surface area (TPSA) is 59.8 Å². The second kappa shape index (κ2) is 5.77. The minimum atomic E-state index is 0.0956. The van der Waals surface area contributed by atoms with Crippen molar-refractivity contribution in [1.82, 2.24) is 20.1 Å². The number of carbonyl (C=O) groups excluding carboxylic acids is 1. The number of hydrogen-bond acceptors (Lipinski definition) is 4. The summed E-state index contributed by atoms with van der Waals surface area (Å²) in [6, 6.07) is 6.24. The van der Waals surface area contributed by atoms with Gasteiger partial charge in [0.05, 0.1) is 6.42 Å². The average Bonchev–Trinajstić information content (AvgIpc) is 2.95. The predicted molar refractivity (Wildman–Crippen MR) is 80.3 cm³/mol. The van der Waals surface area contributed by atoms with E-state index in [9.17, 15) is 4.79 Å². The molecule has 0 aliphatic carbocycles. The van der Waals surface area contributed by atoms with Gasteiger partial charge in [0.2, 0.25) is 0 Å². The number of Topliss-reactive ketones (excluding diaryl/α,β-unsaturated/α-hetero) is 1. The summed E-state index contributed by atoms with van der Waals surface area (Å²) in [5.41, 5.74) is 3.34. The Morgan fingerprint density at radius 2 is 2.24 bits per heavy atom. The molecule has 1 aliphatic rings. The summed E-state index contributed by atoms with van der Waals surface area (Å²) in [5, 5.41) is 7.51. The zero-order chi connectivity index (χ0) is 14.8. The molecule has 0 amide bonds. The van der Waals surface area contributed by atoms with Crippen molar-refractivity contribution in [1.29, 1.82) is 0 Å². The SMILES string of the molecule is CC(C)n1ncnc1CC(=O)c1ccc2c(c1)CNCC2. The van der Waals surface area contributed by atoms with Crippen molar-refractivity contribution in [2.45, 2.75) is 39.3 Å². The molecule has 0 spiro atoms. The molecule has 110 valence electrons. The van der Waals surface area contributed by atoms with E-state index in [1.807, 2.05) is 26.0 Å². The summed E-state index contributed by atoms with van der Waals surface area (Å²) in [6.45, 7) is 5.93. The molecule has 5 nitrogen and oxygen atoms in total. The van der Waals surface area contributed by atoms with Crippen molar-refractivity contribution < 1.29 is 4.79 Å². The van der Waals surface area contributed by atoms with Crippen LogP contribution in [-0.4, -0.2) is 27.1 Å². The van der Waals surface area contributed by atoms with Crippen LogP contribution >= 0.6 is 0 Å². The van der Waals surface area contributed by atoms with Crippen LogP contribution in [0.15, 0.2) is 24.5 Å². The van der Waals surface area contributed by atoms with Crippen LogP contribution in [0.1, 0.15) is 47.2 Å². The van der Waals surface area contributed by atoms with Gasteiger partial charge in [-0.25, -0.2) is 9.67 Å². The highest BCUT2D eigenvalue weighted by molar-refractivity contribution is 5.97. The van der Waals surface area contributed by atoms with Crippen molar-refractivity contribution in [3.63, 3.8) is 0 Å². The minimum absolute atomic E-state index is 0.0956. The molecule has 0 saturated carbocycles. The molecule has 1 aromatic heterocycles. The molecule has 0 fully saturated rings. The highest BCUT2D eigenvalue weighted by atomic mass is 16.1. The van der Waals surface area contributed by atoms with Crippen LogP contribution in [0.4, 0.5) is 0 Å². The lowest BCUT2D eigenvalue weighted by atomic mass is 9.96. The molecule has 0 atom stereocenters. The number of hydrogen-bond donors (Lipinski definition) is 1. The van der Waals surface area contributed by atoms with Crippen molar-refractivity contribution >= 4 is 5.78 Å². The van der Waals surface area contributed by atoms with Crippen LogP contribution in [0.5, 0.6) is 0 Å². The van der Waals surface area contributed by atoms with Gasteiger partial charge >= 0.3 is 0 Å². The largest absolute Gasteiger partial charge is 0.312 e. The monoisotopic (exact) mass is 284 g/mol. The molecule has 2 aromatic rings. The Hall–Kier alpha value is -2.01. The van der Waals surface area contributed by atoms with Crippen molar-refractivity contribution in [2.24, 2.45) is 0 Å². The maximum Gasteiger partial charge on any atom is 0.170 e. The number of aromatic nitrogens is 3. The first kappa shape index (κ1) is 13.9. The summed E-state index contributed by atoms with van der Waals surface area (Å²) < 4.78 is 1.80. The molecule has 3 rings (SSSR count). The molecule has 0 bridgehead atoms. The highest BCUT2D eigenvalue weighted by Gasteiger charge is 2.16. The van der Waals surface area contributed by atoms with Gasteiger partial charge in [0.1, 0.15) is 12.2 Å². The van der Waals surface area contributed by atoms with E-state index in [1.54, 1.807) is 4.68 Å². The van der Waals surface area contributed by atoms with Gasteiger partial charge < -0.3 is 5.32 Å². The maximum atomic E-state index is 12.5. The molecule has 1 N–H and O–H groups in total. The van der Waals surface area contributed by atoms with Gasteiger partial charge in [-0.1, -0.05) is 12.1 Å². The zero-order valence-electron chi connectivity index (χ0n) is 12.5. The number of nitrogens with one attached hydrogen (secondary N) is 1. The average molecular weight is 284 g/mol. The van der Waals surface area contributed by atoms with E-state index in [2.05, 4.69) is 21.5 Å². The lowest BCUT2D eigenvalue weighted by molar-refractivity contribution is 0.0989. The Labute approximate surface area is 124 Å². The van der Waals surface area contributed by atoms with Gasteiger partial charge in [-0.15, -0.1) is 0 Å². The fraction of sp³-hybridized carbons (Fsp3) is 0.438. The van der Waals surface area contributed by atoms with Crippen molar-refractivity contribution in [2.75, 3.05) is 6.54 Å². The van der Waals surface area contributed by atoms with E-state index in [4.69, 9.17) is 0 Å². The highest BCUT2D eigenvalue weighted by Crippen LogP contribution is 2.17. The van der Waals surface area contributed by atoms with E-state index in [0.717, 1.165) is 30.9 Å². The third kappa shape index (κ3) is 2.88. The van der Waals surface area contributed by atoms with Gasteiger partial charge in [0, 0.05) is 18.2 Å². The van der Waals surface area contributed by atoms with Gasteiger partial charge in [0.25, 0.3) is 0 Å². The fourth-order valence-electron chi connectivity index (χ4n) is 2.73. The van der Waals surface area contributed by atoms with E-state index in [0.29, 0.717) is 6.42 Å². The van der Waals surface area contributed by atoms with Gasteiger partial charge in [0.15, 0.2) is 5.78 Å². The normalized spacial score (nSPS) is 14.2. The number of benzene rings is 1. The molecule has 0 unspecified atom stereocenters. The molecule has 0 saturated heterocycles. The number of fused-ring (bicyclic) bond motifs is 1. The first-order valence-electron chi connectivity index (χ1n) is 7.39. The standard InChI is InChI=1S/C16H20N4O/c1-11(2)20-16(18-10-19-20)8-15(21)13-4-3-12-5-6-17-9-14(12)7-13/h3-4,7,10-11,17H,5-6,8-9H2,1-2H3.